The summed E-state index contributed by atoms with van der Waals surface area (Å²) in [6.07, 6.45) is 3.13. The number of imidazole rings is 1. The number of hydrogen-bond donors (Lipinski definition) is 0. The molecule has 3 aromatic heterocycles. The monoisotopic (exact) mass is 696 g/mol. The molecule has 8 nitrogen and oxygen atoms in total. The molecule has 0 bridgehead atoms. The number of pyridine rings is 1. The molecule has 0 radical (unpaired) electrons. The van der Waals surface area contributed by atoms with Crippen molar-refractivity contribution in [3.8, 4) is 28.4 Å². The van der Waals surface area contributed by atoms with Crippen molar-refractivity contribution >= 4 is 28.3 Å². The number of carbonyl (C=O) groups excluding carboxylic acids is 1. The Morgan fingerprint density at radius 1 is 0.920 bits per heavy atom. The predicted octanol–water partition coefficient (Wildman–Crippen LogP) is 8.26. The summed E-state index contributed by atoms with van der Waals surface area (Å²) in [5, 5.41) is 3.05. The molecule has 0 unspecified atom stereocenters. The molecule has 1 saturated heterocycles. The van der Waals surface area contributed by atoms with Crippen LogP contribution in [0.2, 0.25) is 0 Å². The third-order valence-corrected chi connectivity index (χ3v) is 10.1. The number of thiazole rings is 1. The zero-order valence-corrected chi connectivity index (χ0v) is 27.8. The second-order valence-electron chi connectivity index (χ2n) is 12.5. The van der Waals surface area contributed by atoms with Crippen LogP contribution in [0.1, 0.15) is 57.5 Å². The zero-order chi connectivity index (χ0) is 34.4. The minimum Gasteiger partial charge on any atom is -0.473 e. The minimum atomic E-state index is -0.669. The lowest BCUT2D eigenvalue weighted by Gasteiger charge is -2.27. The normalized spacial score (nSPS) is 15.6. The minimum absolute atomic E-state index is 0.00305. The number of ether oxygens (including phenoxy) is 3. The second-order valence-corrected chi connectivity index (χ2v) is 13.4. The third kappa shape index (κ3) is 6.48. The van der Waals surface area contributed by atoms with Crippen molar-refractivity contribution in [3.63, 3.8) is 0 Å². The number of hydrogen-bond acceptors (Lipinski definition) is 8. The summed E-state index contributed by atoms with van der Waals surface area (Å²) in [7, 11) is 1.31. The maximum Gasteiger partial charge on any atom is 0.337 e. The molecular weight excluding hydrogens is 666 g/mol. The Hall–Kier alpha value is -5.07. The number of halogens is 3. The van der Waals surface area contributed by atoms with E-state index >= 15 is 13.2 Å². The van der Waals surface area contributed by atoms with E-state index < -0.39 is 23.4 Å². The number of aromatic nitrogens is 4. The summed E-state index contributed by atoms with van der Waals surface area (Å²) >= 11 is 1.60. The predicted molar refractivity (Wildman–Crippen MR) is 182 cm³/mol. The van der Waals surface area contributed by atoms with E-state index in [9.17, 15) is 4.79 Å². The topological polar surface area (TPSA) is 88.4 Å². The lowest BCUT2D eigenvalue weighted by atomic mass is 10.0. The van der Waals surface area contributed by atoms with E-state index in [-0.39, 0.29) is 41.8 Å². The van der Waals surface area contributed by atoms with Gasteiger partial charge in [-0.15, -0.1) is 11.3 Å². The summed E-state index contributed by atoms with van der Waals surface area (Å²) < 4.78 is 64.5. The zero-order valence-electron chi connectivity index (χ0n) is 27.0. The maximum atomic E-state index is 15.7. The van der Waals surface area contributed by atoms with E-state index in [2.05, 4.69) is 9.97 Å². The van der Waals surface area contributed by atoms with Gasteiger partial charge in [-0.25, -0.2) is 32.9 Å². The number of carbonyl (C=O) groups is 1. The molecule has 4 heterocycles. The van der Waals surface area contributed by atoms with Crippen LogP contribution < -0.4 is 4.74 Å². The second kappa shape index (κ2) is 13.3. The van der Waals surface area contributed by atoms with Gasteiger partial charge in [0.05, 0.1) is 52.8 Å². The van der Waals surface area contributed by atoms with Crippen LogP contribution in [0.5, 0.6) is 5.88 Å². The molecule has 0 spiro atoms. The largest absolute Gasteiger partial charge is 0.473 e. The van der Waals surface area contributed by atoms with Gasteiger partial charge in [0.15, 0.2) is 0 Å². The average Bonchev–Trinajstić information content (AvgIpc) is 3.73. The van der Waals surface area contributed by atoms with Gasteiger partial charge in [0, 0.05) is 47.1 Å². The number of esters is 1. The van der Waals surface area contributed by atoms with Crippen molar-refractivity contribution in [3.05, 3.63) is 117 Å². The number of rotatable bonds is 11. The van der Waals surface area contributed by atoms with Crippen LogP contribution in [0.3, 0.4) is 0 Å². The molecule has 2 fully saturated rings. The summed E-state index contributed by atoms with van der Waals surface area (Å²) in [4.78, 5) is 25.9. The molecule has 254 valence electrons. The maximum absolute atomic E-state index is 15.7. The molecule has 1 saturated carbocycles. The van der Waals surface area contributed by atoms with Gasteiger partial charge in [-0.3, -0.25) is 0 Å². The first-order valence-electron chi connectivity index (χ1n) is 16.3. The van der Waals surface area contributed by atoms with Crippen molar-refractivity contribution in [1.82, 2.24) is 19.5 Å². The quantitative estimate of drug-likeness (QED) is 0.126. The van der Waals surface area contributed by atoms with Gasteiger partial charge in [0.1, 0.15) is 29.9 Å². The molecule has 1 aliphatic heterocycles. The van der Waals surface area contributed by atoms with Crippen LogP contribution >= 0.6 is 11.3 Å². The van der Waals surface area contributed by atoms with Crippen molar-refractivity contribution in [2.45, 2.75) is 50.9 Å². The highest BCUT2D eigenvalue weighted by atomic mass is 32.1. The first-order valence-corrected chi connectivity index (χ1v) is 17.2. The van der Waals surface area contributed by atoms with Crippen molar-refractivity contribution in [1.29, 1.82) is 0 Å². The lowest BCUT2D eigenvalue weighted by molar-refractivity contribution is -0.0589. The molecule has 8 rings (SSSR count). The Labute approximate surface area is 289 Å². The van der Waals surface area contributed by atoms with Gasteiger partial charge < -0.3 is 18.8 Å². The Kier molecular flexibility index (Phi) is 8.57. The van der Waals surface area contributed by atoms with E-state index in [1.807, 2.05) is 16.0 Å². The van der Waals surface area contributed by atoms with Crippen molar-refractivity contribution in [2.24, 2.45) is 0 Å². The number of methoxy groups -OCH3 is 1. The van der Waals surface area contributed by atoms with Crippen LogP contribution in [0, 0.1) is 17.5 Å². The molecule has 3 aromatic carbocycles. The summed E-state index contributed by atoms with van der Waals surface area (Å²) in [6.45, 7) is 1.01. The summed E-state index contributed by atoms with van der Waals surface area (Å²) in [6, 6.07) is 16.9. The molecule has 50 heavy (non-hydrogen) atoms. The van der Waals surface area contributed by atoms with E-state index in [0.29, 0.717) is 52.6 Å². The Balaban J connectivity index is 1.00. The van der Waals surface area contributed by atoms with Gasteiger partial charge in [-0.05, 0) is 67.3 Å². The van der Waals surface area contributed by atoms with Crippen LogP contribution in [-0.2, 0) is 29.0 Å². The molecule has 2 aliphatic rings. The molecule has 12 heteroatoms. The van der Waals surface area contributed by atoms with E-state index in [0.717, 1.165) is 42.1 Å². The number of fused-ring (bicyclic) bond motifs is 1. The molecule has 6 aromatic rings. The van der Waals surface area contributed by atoms with Gasteiger partial charge in [0.2, 0.25) is 5.88 Å². The van der Waals surface area contributed by atoms with E-state index in [1.165, 1.54) is 13.2 Å². The summed E-state index contributed by atoms with van der Waals surface area (Å²) in [5.74, 6) is -1.03. The van der Waals surface area contributed by atoms with Crippen molar-refractivity contribution in [2.75, 3.05) is 13.7 Å². The van der Waals surface area contributed by atoms with Crippen LogP contribution in [0.25, 0.3) is 33.5 Å². The van der Waals surface area contributed by atoms with E-state index in [4.69, 9.17) is 19.2 Å². The van der Waals surface area contributed by atoms with Crippen LogP contribution in [-0.4, -0.2) is 45.3 Å². The number of benzene rings is 3. The fourth-order valence-electron chi connectivity index (χ4n) is 6.04. The van der Waals surface area contributed by atoms with E-state index in [1.54, 1.807) is 53.8 Å². The Bertz CT molecular complexity index is 2250. The van der Waals surface area contributed by atoms with Gasteiger partial charge >= 0.3 is 5.97 Å². The molecule has 1 atom stereocenters. The number of nitrogens with zero attached hydrogens (tertiary/aromatic N) is 4. The smallest absolute Gasteiger partial charge is 0.337 e. The first kappa shape index (κ1) is 32.2. The SMILES string of the molecule is COC(=O)c1ccc2nc(Cc3cc(F)c(-c4cccc(OCc5ccc(-c6csc(C7CC7)n6)cc5F)n4)cc3F)n(C[C@@H]3CCO3)c2c1. The summed E-state index contributed by atoms with van der Waals surface area (Å²) in [5.41, 5.74) is 3.68. The fourth-order valence-corrected chi connectivity index (χ4v) is 7.04. The van der Waals surface area contributed by atoms with Gasteiger partial charge in [-0.2, -0.15) is 0 Å². The fraction of sp³-hybridized carbons (Fsp3) is 0.263. The highest BCUT2D eigenvalue weighted by molar-refractivity contribution is 7.10. The standard InChI is InChI=1S/C38H31F3N4O4S/c1-47-38(46)23-9-10-32-34(15-23)45(18-26-11-12-48-26)35(42-32)16-25-14-30(41)27(17-29(25)40)31-3-2-4-36(43-31)49-19-24-8-7-22(13-28(24)39)33-20-50-37(44-33)21-5-6-21/h2-4,7-10,13-15,17,20-21,26H,5-6,11-12,16,18-19H2,1H3/t26-/m0/s1. The first-order chi connectivity index (χ1) is 24.3. The van der Waals surface area contributed by atoms with Crippen LogP contribution in [0.4, 0.5) is 13.2 Å². The molecule has 1 aliphatic carbocycles. The van der Waals surface area contributed by atoms with Crippen LogP contribution in [0.15, 0.2) is 72.1 Å². The lowest BCUT2D eigenvalue weighted by Crippen LogP contribution is -2.31. The Morgan fingerprint density at radius 2 is 1.76 bits per heavy atom. The third-order valence-electron chi connectivity index (χ3n) is 9.09. The van der Waals surface area contributed by atoms with Gasteiger partial charge in [-0.1, -0.05) is 18.2 Å². The molecular formula is C38H31F3N4O4S. The highest BCUT2D eigenvalue weighted by Gasteiger charge is 2.27. The highest BCUT2D eigenvalue weighted by Crippen LogP contribution is 2.42. The Morgan fingerprint density at radius 3 is 2.52 bits per heavy atom. The molecule has 0 amide bonds. The van der Waals surface area contributed by atoms with Crippen molar-refractivity contribution < 1.29 is 32.2 Å². The molecule has 0 N–H and O–H groups in total. The average molecular weight is 697 g/mol. The van der Waals surface area contributed by atoms with Gasteiger partial charge in [0.25, 0.3) is 0 Å².